The Kier molecular flexibility index (Phi) is 4.24. The van der Waals surface area contributed by atoms with E-state index in [0.29, 0.717) is 35.8 Å². The average molecular weight is 384 g/mol. The molecule has 3 heterocycles. The van der Waals surface area contributed by atoms with E-state index in [1.807, 2.05) is 39.0 Å². The predicted octanol–water partition coefficient (Wildman–Crippen LogP) is 2.59. The minimum Gasteiger partial charge on any atom is -0.494 e. The van der Waals surface area contributed by atoms with Gasteiger partial charge in [0.2, 0.25) is 5.95 Å². The van der Waals surface area contributed by atoms with Gasteiger partial charge >= 0.3 is 6.09 Å². The fourth-order valence-corrected chi connectivity index (χ4v) is 3.44. The van der Waals surface area contributed by atoms with Gasteiger partial charge in [-0.25, -0.2) is 14.8 Å². The van der Waals surface area contributed by atoms with Crippen molar-refractivity contribution in [2.24, 2.45) is 0 Å². The van der Waals surface area contributed by atoms with Crippen molar-refractivity contribution in [3.63, 3.8) is 0 Å². The van der Waals surface area contributed by atoms with Crippen LogP contribution in [0.4, 0.5) is 10.7 Å². The molecule has 1 amide bonds. The molecule has 2 N–H and O–H groups in total. The zero-order valence-corrected chi connectivity index (χ0v) is 16.5. The number of ether oxygens (including phenoxy) is 2. The summed E-state index contributed by atoms with van der Waals surface area (Å²) in [4.78, 5) is 23.2. The smallest absolute Gasteiger partial charge is 0.410 e. The van der Waals surface area contributed by atoms with Crippen LogP contribution in [0.25, 0.3) is 16.6 Å². The van der Waals surface area contributed by atoms with Gasteiger partial charge in [-0.15, -0.1) is 5.10 Å². The lowest BCUT2D eigenvalue weighted by molar-refractivity contribution is 0.0292. The molecule has 28 heavy (non-hydrogen) atoms. The number of para-hydroxylation sites is 1. The average Bonchev–Trinajstić information content (AvgIpc) is 3.27. The summed E-state index contributed by atoms with van der Waals surface area (Å²) in [5.74, 6) is 1.54. The third-order valence-electron chi connectivity index (χ3n) is 4.73. The molecule has 1 aliphatic rings. The Bertz CT molecular complexity index is 1060. The van der Waals surface area contributed by atoms with E-state index < -0.39 is 5.60 Å². The first-order valence-electron chi connectivity index (χ1n) is 9.23. The Labute approximate surface area is 162 Å². The Morgan fingerprint density at radius 1 is 1.29 bits per heavy atom. The second-order valence-corrected chi connectivity index (χ2v) is 7.94. The Hall–Kier alpha value is -3.10. The predicted molar refractivity (Wildman–Crippen MR) is 104 cm³/mol. The number of hydrogen-bond acceptors (Lipinski definition) is 7. The first-order valence-corrected chi connectivity index (χ1v) is 9.23. The highest BCUT2D eigenvalue weighted by atomic mass is 16.6. The van der Waals surface area contributed by atoms with Crippen LogP contribution in [0.1, 0.15) is 38.9 Å². The molecule has 1 saturated heterocycles. The number of carbonyl (C=O) groups excluding carboxylic acids is 1. The fourth-order valence-electron chi connectivity index (χ4n) is 3.44. The van der Waals surface area contributed by atoms with Gasteiger partial charge in [-0.05, 0) is 39.3 Å². The molecule has 1 aliphatic heterocycles. The molecular weight excluding hydrogens is 360 g/mol. The summed E-state index contributed by atoms with van der Waals surface area (Å²) in [6, 6.07) is 5.63. The minimum absolute atomic E-state index is 0.0208. The first-order chi connectivity index (χ1) is 13.3. The first kappa shape index (κ1) is 18.3. The monoisotopic (exact) mass is 384 g/mol. The number of nitrogens with zero attached hydrogens (tertiary/aromatic N) is 5. The zero-order valence-electron chi connectivity index (χ0n) is 16.5. The summed E-state index contributed by atoms with van der Waals surface area (Å²) < 4.78 is 12.4. The topological polar surface area (TPSA) is 108 Å². The number of amides is 1. The van der Waals surface area contributed by atoms with E-state index in [9.17, 15) is 4.79 Å². The molecule has 2 aromatic heterocycles. The van der Waals surface area contributed by atoms with Crippen LogP contribution < -0.4 is 10.5 Å². The SMILES string of the molecule is COc1cccc2c1nc(N)n1nc([C@@H]3CCN(C(=O)OC(C)(C)C)C3)nc21. The summed E-state index contributed by atoms with van der Waals surface area (Å²) >= 11 is 0. The molecule has 4 rings (SSSR count). The van der Waals surface area contributed by atoms with E-state index in [0.717, 1.165) is 11.8 Å². The van der Waals surface area contributed by atoms with Gasteiger partial charge in [0.25, 0.3) is 0 Å². The summed E-state index contributed by atoms with van der Waals surface area (Å²) in [5.41, 5.74) is 6.87. The largest absolute Gasteiger partial charge is 0.494 e. The van der Waals surface area contributed by atoms with Crippen LogP contribution >= 0.6 is 0 Å². The molecule has 3 aromatic rings. The van der Waals surface area contributed by atoms with E-state index in [1.165, 1.54) is 0 Å². The normalized spacial score (nSPS) is 17.4. The number of fused-ring (bicyclic) bond motifs is 3. The molecule has 0 radical (unpaired) electrons. The number of nitrogen functional groups attached to an aromatic ring is 1. The second-order valence-electron chi connectivity index (χ2n) is 7.94. The molecule has 1 aromatic carbocycles. The van der Waals surface area contributed by atoms with Crippen molar-refractivity contribution in [1.82, 2.24) is 24.5 Å². The van der Waals surface area contributed by atoms with Gasteiger partial charge in [0, 0.05) is 24.4 Å². The van der Waals surface area contributed by atoms with Crippen LogP contribution in [0.5, 0.6) is 5.75 Å². The molecule has 1 fully saturated rings. The Morgan fingerprint density at radius 3 is 2.79 bits per heavy atom. The fraction of sp³-hybridized carbons (Fsp3) is 0.474. The maximum atomic E-state index is 12.3. The maximum Gasteiger partial charge on any atom is 0.410 e. The zero-order chi connectivity index (χ0) is 20.1. The molecule has 0 aliphatic carbocycles. The molecule has 0 spiro atoms. The Balaban J connectivity index is 1.67. The summed E-state index contributed by atoms with van der Waals surface area (Å²) in [6.07, 6.45) is 0.458. The van der Waals surface area contributed by atoms with Crippen LogP contribution in [0, 0.1) is 0 Å². The van der Waals surface area contributed by atoms with Gasteiger partial charge in [0.05, 0.1) is 7.11 Å². The lowest BCUT2D eigenvalue weighted by atomic mass is 10.1. The third kappa shape index (κ3) is 3.17. The van der Waals surface area contributed by atoms with Crippen molar-refractivity contribution >= 4 is 28.6 Å². The number of benzene rings is 1. The number of likely N-dealkylation sites (tertiary alicyclic amines) is 1. The van der Waals surface area contributed by atoms with Gasteiger partial charge in [-0.3, -0.25) is 0 Å². The third-order valence-corrected chi connectivity index (χ3v) is 4.73. The van der Waals surface area contributed by atoms with Crippen molar-refractivity contribution in [2.45, 2.75) is 38.7 Å². The van der Waals surface area contributed by atoms with E-state index >= 15 is 0 Å². The number of hydrogen-bond donors (Lipinski definition) is 1. The van der Waals surface area contributed by atoms with Gasteiger partial charge in [0.15, 0.2) is 11.5 Å². The highest BCUT2D eigenvalue weighted by molar-refractivity contribution is 5.95. The number of carbonyl (C=O) groups is 1. The van der Waals surface area contributed by atoms with Crippen molar-refractivity contribution in [3.05, 3.63) is 24.0 Å². The van der Waals surface area contributed by atoms with Crippen molar-refractivity contribution in [2.75, 3.05) is 25.9 Å². The van der Waals surface area contributed by atoms with Crippen LogP contribution in [-0.4, -0.2) is 56.4 Å². The van der Waals surface area contributed by atoms with Crippen LogP contribution in [0.15, 0.2) is 18.2 Å². The van der Waals surface area contributed by atoms with Gasteiger partial charge in [-0.2, -0.15) is 4.52 Å². The van der Waals surface area contributed by atoms with Gasteiger partial charge < -0.3 is 20.1 Å². The summed E-state index contributed by atoms with van der Waals surface area (Å²) in [5, 5.41) is 5.38. The number of rotatable bonds is 2. The molecule has 0 saturated carbocycles. The van der Waals surface area contributed by atoms with Crippen LogP contribution in [0.2, 0.25) is 0 Å². The summed E-state index contributed by atoms with van der Waals surface area (Å²) in [7, 11) is 1.59. The number of aromatic nitrogens is 4. The minimum atomic E-state index is -0.519. The van der Waals surface area contributed by atoms with E-state index in [4.69, 9.17) is 20.2 Å². The van der Waals surface area contributed by atoms with Gasteiger partial charge in [0.1, 0.15) is 16.9 Å². The standard InChI is InChI=1S/C19H24N6O3/c1-19(2,3)28-18(26)24-9-8-11(10-24)15-22-16-12-6-5-7-13(27-4)14(12)21-17(20)25(16)23-15/h5-7,11H,8-10H2,1-4H3,(H2,20,21)/t11-/m1/s1. The lowest BCUT2D eigenvalue weighted by Crippen LogP contribution is -2.35. The molecule has 148 valence electrons. The molecule has 9 nitrogen and oxygen atoms in total. The Morgan fingerprint density at radius 2 is 2.07 bits per heavy atom. The molecular formula is C19H24N6O3. The van der Waals surface area contributed by atoms with Crippen molar-refractivity contribution in [1.29, 1.82) is 0 Å². The highest BCUT2D eigenvalue weighted by Gasteiger charge is 2.33. The molecule has 9 heteroatoms. The highest BCUT2D eigenvalue weighted by Crippen LogP contribution is 2.31. The molecule has 1 atom stereocenters. The molecule has 0 unspecified atom stereocenters. The van der Waals surface area contributed by atoms with E-state index in [-0.39, 0.29) is 18.0 Å². The van der Waals surface area contributed by atoms with Crippen LogP contribution in [-0.2, 0) is 4.74 Å². The van der Waals surface area contributed by atoms with E-state index in [1.54, 1.807) is 16.5 Å². The van der Waals surface area contributed by atoms with Crippen molar-refractivity contribution < 1.29 is 14.3 Å². The lowest BCUT2D eigenvalue weighted by Gasteiger charge is -2.24. The number of nitrogens with two attached hydrogens (primary N) is 1. The second kappa shape index (κ2) is 6.50. The van der Waals surface area contributed by atoms with Gasteiger partial charge in [-0.1, -0.05) is 6.07 Å². The number of anilines is 1. The number of methoxy groups -OCH3 is 1. The van der Waals surface area contributed by atoms with Crippen molar-refractivity contribution in [3.8, 4) is 5.75 Å². The van der Waals surface area contributed by atoms with Crippen LogP contribution in [0.3, 0.4) is 0 Å². The maximum absolute atomic E-state index is 12.3. The van der Waals surface area contributed by atoms with E-state index in [2.05, 4.69) is 10.1 Å². The summed E-state index contributed by atoms with van der Waals surface area (Å²) in [6.45, 7) is 6.70. The quantitative estimate of drug-likeness (QED) is 0.723. The molecule has 0 bridgehead atoms.